The van der Waals surface area contributed by atoms with Crippen LogP contribution in [-0.4, -0.2) is 17.5 Å². The average molecular weight is 415 g/mol. The Morgan fingerprint density at radius 1 is 1.04 bits per heavy atom. The van der Waals surface area contributed by atoms with Gasteiger partial charge in [0.15, 0.2) is 6.61 Å². The molecule has 0 radical (unpaired) electrons. The number of anilines is 1. The van der Waals surface area contributed by atoms with Crippen molar-refractivity contribution in [3.8, 4) is 5.75 Å². The Balaban J connectivity index is 1.80. The predicted molar refractivity (Wildman–Crippen MR) is 113 cm³/mol. The minimum absolute atomic E-state index is 0.123. The summed E-state index contributed by atoms with van der Waals surface area (Å²) in [5.74, 6) is 0.926. The van der Waals surface area contributed by atoms with Gasteiger partial charge in [-0.3, -0.25) is 9.69 Å². The van der Waals surface area contributed by atoms with Crippen molar-refractivity contribution in [1.82, 2.24) is 4.98 Å². The van der Waals surface area contributed by atoms with Crippen LogP contribution in [-0.2, 0) is 11.3 Å². The molecule has 0 aliphatic carbocycles. The molecule has 2 aromatic carbocycles. The third kappa shape index (κ3) is 4.83. The molecular weight excluding hydrogens is 395 g/mol. The Bertz CT molecular complexity index is 954. The number of carbonyl (C=O) groups is 1. The largest absolute Gasteiger partial charge is 0.484 e. The van der Waals surface area contributed by atoms with E-state index in [0.29, 0.717) is 28.2 Å². The molecule has 144 valence electrons. The Labute approximate surface area is 174 Å². The van der Waals surface area contributed by atoms with Crippen LogP contribution in [0.4, 0.5) is 5.82 Å². The number of pyridine rings is 1. The van der Waals surface area contributed by atoms with E-state index in [4.69, 9.17) is 27.9 Å². The highest BCUT2D eigenvalue weighted by Gasteiger charge is 2.19. The van der Waals surface area contributed by atoms with E-state index < -0.39 is 0 Å². The summed E-state index contributed by atoms with van der Waals surface area (Å²) in [5, 5.41) is 1.30. The van der Waals surface area contributed by atoms with Gasteiger partial charge in [0.1, 0.15) is 11.6 Å². The van der Waals surface area contributed by atoms with Gasteiger partial charge in [-0.05, 0) is 60.9 Å². The van der Waals surface area contributed by atoms with Gasteiger partial charge < -0.3 is 4.74 Å². The summed E-state index contributed by atoms with van der Waals surface area (Å²) >= 11 is 12.5. The minimum Gasteiger partial charge on any atom is -0.484 e. The molecule has 1 aromatic heterocycles. The number of nitrogens with zero attached hydrogens (tertiary/aromatic N) is 2. The van der Waals surface area contributed by atoms with E-state index in [0.717, 1.165) is 16.7 Å². The number of carbonyl (C=O) groups excluding carboxylic acids is 1. The van der Waals surface area contributed by atoms with Gasteiger partial charge in [-0.25, -0.2) is 4.98 Å². The molecule has 0 bridgehead atoms. The van der Waals surface area contributed by atoms with Crippen molar-refractivity contribution < 1.29 is 9.53 Å². The second-order valence-electron chi connectivity index (χ2n) is 6.42. The molecule has 0 atom stereocenters. The van der Waals surface area contributed by atoms with Crippen LogP contribution in [0.3, 0.4) is 0 Å². The second kappa shape index (κ2) is 9.09. The van der Waals surface area contributed by atoms with Gasteiger partial charge in [0, 0.05) is 16.2 Å². The highest BCUT2D eigenvalue weighted by atomic mass is 35.5. The van der Waals surface area contributed by atoms with Crippen molar-refractivity contribution in [1.29, 1.82) is 0 Å². The number of rotatable bonds is 6. The number of amides is 1. The van der Waals surface area contributed by atoms with Crippen LogP contribution in [0.2, 0.25) is 10.0 Å². The topological polar surface area (TPSA) is 42.4 Å². The summed E-state index contributed by atoms with van der Waals surface area (Å²) in [6, 6.07) is 16.5. The lowest BCUT2D eigenvalue weighted by Crippen LogP contribution is -2.35. The van der Waals surface area contributed by atoms with Crippen molar-refractivity contribution in [3.05, 3.63) is 87.5 Å². The van der Waals surface area contributed by atoms with Gasteiger partial charge in [0.05, 0.1) is 6.54 Å². The van der Waals surface area contributed by atoms with Gasteiger partial charge >= 0.3 is 0 Å². The first-order valence-corrected chi connectivity index (χ1v) is 9.55. The zero-order chi connectivity index (χ0) is 20.1. The fraction of sp³-hybridized carbons (Fsp3) is 0.182. The molecule has 1 heterocycles. The van der Waals surface area contributed by atoms with Crippen molar-refractivity contribution in [2.24, 2.45) is 0 Å². The zero-order valence-electron chi connectivity index (χ0n) is 15.7. The fourth-order valence-corrected chi connectivity index (χ4v) is 3.12. The van der Waals surface area contributed by atoms with Crippen molar-refractivity contribution in [3.63, 3.8) is 0 Å². The minimum atomic E-state index is -0.219. The lowest BCUT2D eigenvalue weighted by Gasteiger charge is -2.22. The summed E-state index contributed by atoms with van der Waals surface area (Å²) in [5.41, 5.74) is 2.64. The Kier molecular flexibility index (Phi) is 6.55. The number of ether oxygens (including phenoxy) is 1. The van der Waals surface area contributed by atoms with E-state index in [1.54, 1.807) is 29.3 Å². The number of aromatic nitrogens is 1. The van der Waals surface area contributed by atoms with E-state index in [1.807, 2.05) is 50.2 Å². The summed E-state index contributed by atoms with van der Waals surface area (Å²) in [4.78, 5) is 18.8. The van der Waals surface area contributed by atoms with Crippen LogP contribution in [0.25, 0.3) is 0 Å². The number of hydrogen-bond donors (Lipinski definition) is 0. The van der Waals surface area contributed by atoms with Crippen molar-refractivity contribution in [2.45, 2.75) is 20.4 Å². The normalized spacial score (nSPS) is 10.6. The summed E-state index contributed by atoms with van der Waals surface area (Å²) in [6.07, 6.45) is 1.65. The van der Waals surface area contributed by atoms with Gasteiger partial charge in [0.2, 0.25) is 0 Å². The van der Waals surface area contributed by atoms with E-state index >= 15 is 0 Å². The lowest BCUT2D eigenvalue weighted by atomic mass is 10.1. The van der Waals surface area contributed by atoms with Crippen LogP contribution >= 0.6 is 23.2 Å². The Morgan fingerprint density at radius 2 is 1.71 bits per heavy atom. The third-order valence-electron chi connectivity index (χ3n) is 4.29. The smallest absolute Gasteiger partial charge is 0.266 e. The number of benzene rings is 2. The van der Waals surface area contributed by atoms with Crippen LogP contribution in [0, 0.1) is 13.8 Å². The van der Waals surface area contributed by atoms with E-state index in [1.165, 1.54) is 0 Å². The summed E-state index contributed by atoms with van der Waals surface area (Å²) < 4.78 is 5.74. The number of halogens is 2. The molecule has 0 N–H and O–H groups in total. The first kappa shape index (κ1) is 20.2. The quantitative estimate of drug-likeness (QED) is 0.525. The lowest BCUT2D eigenvalue weighted by molar-refractivity contribution is -0.120. The maximum Gasteiger partial charge on any atom is 0.266 e. The Hall–Kier alpha value is -2.56. The van der Waals surface area contributed by atoms with E-state index in [-0.39, 0.29) is 12.5 Å². The van der Waals surface area contributed by atoms with Gasteiger partial charge in [-0.15, -0.1) is 0 Å². The van der Waals surface area contributed by atoms with Crippen LogP contribution in [0.1, 0.15) is 16.7 Å². The van der Waals surface area contributed by atoms with E-state index in [2.05, 4.69) is 4.98 Å². The molecule has 1 amide bonds. The molecule has 0 saturated heterocycles. The zero-order valence-corrected chi connectivity index (χ0v) is 17.2. The average Bonchev–Trinajstić information content (AvgIpc) is 2.70. The van der Waals surface area contributed by atoms with Crippen LogP contribution in [0.15, 0.2) is 60.8 Å². The predicted octanol–water partition coefficient (Wildman–Crippen LogP) is 5.62. The van der Waals surface area contributed by atoms with Gasteiger partial charge in [-0.2, -0.15) is 0 Å². The third-order valence-corrected chi connectivity index (χ3v) is 5.25. The highest BCUT2D eigenvalue weighted by molar-refractivity contribution is 6.32. The van der Waals surface area contributed by atoms with Crippen molar-refractivity contribution >= 4 is 34.9 Å². The van der Waals surface area contributed by atoms with Crippen LogP contribution < -0.4 is 9.64 Å². The molecule has 4 nitrogen and oxygen atoms in total. The summed E-state index contributed by atoms with van der Waals surface area (Å²) in [6.45, 7) is 3.99. The molecule has 0 aliphatic rings. The monoisotopic (exact) mass is 414 g/mol. The molecule has 3 rings (SSSR count). The first-order chi connectivity index (χ1) is 13.5. The molecule has 0 fully saturated rings. The highest BCUT2D eigenvalue weighted by Crippen LogP contribution is 2.26. The molecule has 3 aromatic rings. The molecule has 0 unspecified atom stereocenters. The second-order valence-corrected chi connectivity index (χ2v) is 7.20. The fourth-order valence-electron chi connectivity index (χ4n) is 2.82. The molecule has 6 heteroatoms. The first-order valence-electron chi connectivity index (χ1n) is 8.80. The molecule has 0 aliphatic heterocycles. The number of aryl methyl sites for hydroxylation is 2. The SMILES string of the molecule is Cc1cc(OCC(=O)N(Cc2ccccc2Cl)c2ccccn2)cc(C)c1Cl. The maximum absolute atomic E-state index is 13.0. The maximum atomic E-state index is 13.0. The molecular formula is C22H20Cl2N2O2. The summed E-state index contributed by atoms with van der Waals surface area (Å²) in [7, 11) is 0. The van der Waals surface area contributed by atoms with Crippen LogP contribution in [0.5, 0.6) is 5.75 Å². The van der Waals surface area contributed by atoms with Gasteiger partial charge in [0.25, 0.3) is 5.91 Å². The van der Waals surface area contributed by atoms with E-state index in [9.17, 15) is 4.79 Å². The standard InChI is InChI=1S/C22H20Cl2N2O2/c1-15-11-18(12-16(2)22(15)24)28-14-21(27)26(20-9-5-6-10-25-20)13-17-7-3-4-8-19(17)23/h3-12H,13-14H2,1-2H3. The number of hydrogen-bond acceptors (Lipinski definition) is 3. The molecule has 28 heavy (non-hydrogen) atoms. The molecule has 0 spiro atoms. The van der Waals surface area contributed by atoms with Gasteiger partial charge in [-0.1, -0.05) is 47.5 Å². The molecule has 0 saturated carbocycles. The van der Waals surface area contributed by atoms with Crippen molar-refractivity contribution in [2.75, 3.05) is 11.5 Å². The Morgan fingerprint density at radius 3 is 2.36 bits per heavy atom.